The van der Waals surface area contributed by atoms with Crippen LogP contribution in [0.3, 0.4) is 0 Å². The first-order chi connectivity index (χ1) is 7.95. The Balaban J connectivity index is 3.04. The van der Waals surface area contributed by atoms with E-state index in [1.54, 1.807) is 0 Å². The van der Waals surface area contributed by atoms with Crippen LogP contribution in [0.1, 0.15) is 0 Å². The number of ether oxygens (including phenoxy) is 1. The molecule has 0 N–H and O–H groups in total. The molecule has 0 aromatic heterocycles. The zero-order valence-corrected chi connectivity index (χ0v) is 9.85. The van der Waals surface area contributed by atoms with Gasteiger partial charge < -0.3 is 10.3 Å². The van der Waals surface area contributed by atoms with Crippen molar-refractivity contribution in [3.63, 3.8) is 0 Å². The van der Waals surface area contributed by atoms with E-state index >= 15 is 0 Å². The van der Waals surface area contributed by atoms with E-state index in [-0.39, 0.29) is 10.6 Å². The highest BCUT2D eigenvalue weighted by Crippen LogP contribution is 2.15. The topological polar surface area (TPSA) is 114 Å². The summed E-state index contributed by atoms with van der Waals surface area (Å²) in [7, 11) is -6.25. The van der Waals surface area contributed by atoms with Crippen molar-refractivity contribution in [1.82, 2.24) is 0 Å². The maximum Gasteiger partial charge on any atom is 0.374 e. The van der Waals surface area contributed by atoms with E-state index in [0.717, 1.165) is 0 Å². The predicted molar refractivity (Wildman–Crippen MR) is 58.9 cm³/mol. The van der Waals surface area contributed by atoms with Gasteiger partial charge in [-0.1, -0.05) is 0 Å². The first-order valence-corrected chi connectivity index (χ1v) is 6.75. The Labute approximate surface area is 98.3 Å². The number of hydrogen-bond acceptors (Lipinski definition) is 5. The molecule has 0 saturated heterocycles. The first-order valence-electron chi connectivity index (χ1n) is 4.06. The molecule has 0 aliphatic rings. The summed E-state index contributed by atoms with van der Waals surface area (Å²) in [6.07, 6.45) is 0. The molecule has 1 aromatic rings. The molecule has 0 fully saturated rings. The van der Waals surface area contributed by atoms with Gasteiger partial charge in [0.2, 0.25) is 15.8 Å². The average molecular weight is 274 g/mol. The molecule has 0 amide bonds. The summed E-state index contributed by atoms with van der Waals surface area (Å²) in [6, 6.07) is 4.91. The van der Waals surface area contributed by atoms with Crippen LogP contribution in [-0.2, 0) is 20.1 Å². The lowest BCUT2D eigenvalue weighted by Crippen LogP contribution is -2.02. The number of nitrogens with zero attached hydrogens (tertiary/aromatic N) is 2. The third kappa shape index (κ3) is 3.83. The van der Waals surface area contributed by atoms with Crippen LogP contribution in [-0.4, -0.2) is 32.7 Å². The van der Waals surface area contributed by atoms with Gasteiger partial charge in [-0.3, -0.25) is 0 Å². The van der Waals surface area contributed by atoms with Crippen LogP contribution in [0.5, 0.6) is 5.75 Å². The fourth-order valence-corrected chi connectivity index (χ4v) is 1.88. The fourth-order valence-electron chi connectivity index (χ4n) is 0.926. The first kappa shape index (κ1) is 13.1. The smallest absolute Gasteiger partial charge is 0.374 e. The molecule has 7 nitrogen and oxygen atoms in total. The molecule has 17 heavy (non-hydrogen) atoms. The van der Waals surface area contributed by atoms with Gasteiger partial charge >= 0.3 is 5.55 Å². The SMILES string of the molecule is [N-]=[N+]=CS(=O)(=O)c1ccc(OC=S(=O)=O)cc1. The summed E-state index contributed by atoms with van der Waals surface area (Å²) in [5.41, 5.74) is 9.11. The van der Waals surface area contributed by atoms with Crippen molar-refractivity contribution >= 4 is 31.2 Å². The van der Waals surface area contributed by atoms with Gasteiger partial charge in [0, 0.05) is 0 Å². The van der Waals surface area contributed by atoms with Gasteiger partial charge in [0.25, 0.3) is 9.84 Å². The van der Waals surface area contributed by atoms with Gasteiger partial charge in [-0.2, -0.15) is 13.2 Å². The van der Waals surface area contributed by atoms with Crippen LogP contribution in [0.4, 0.5) is 0 Å². The molecular weight excluding hydrogens is 268 g/mol. The van der Waals surface area contributed by atoms with E-state index in [2.05, 4.69) is 9.53 Å². The molecule has 0 spiro atoms. The molecule has 0 radical (unpaired) electrons. The largest absolute Gasteiger partial charge is 0.449 e. The summed E-state index contributed by atoms with van der Waals surface area (Å²) >= 11 is 0. The minimum Gasteiger partial charge on any atom is -0.449 e. The normalized spacial score (nSPS) is 10.1. The third-order valence-corrected chi connectivity index (χ3v) is 3.16. The summed E-state index contributed by atoms with van der Waals surface area (Å²) < 4.78 is 47.7. The third-order valence-electron chi connectivity index (χ3n) is 1.60. The second-order valence-corrected chi connectivity index (χ2v) is 5.20. The van der Waals surface area contributed by atoms with Crippen LogP contribution < -0.4 is 4.74 Å². The van der Waals surface area contributed by atoms with E-state index in [9.17, 15) is 16.8 Å². The summed E-state index contributed by atoms with van der Waals surface area (Å²) in [5, 5.41) is 0. The lowest BCUT2D eigenvalue weighted by Gasteiger charge is -1.98. The van der Waals surface area contributed by atoms with Crippen molar-refractivity contribution in [3.8, 4) is 5.75 Å². The fraction of sp³-hybridized carbons (Fsp3) is 0. The standard InChI is InChI=1S/C8H6N2O5S2/c9-10-5-17(13,14)8-3-1-7(2-4-8)15-6-16(11)12/h1-6H. The van der Waals surface area contributed by atoms with Gasteiger partial charge in [-0.05, 0) is 24.3 Å². The Morgan fingerprint density at radius 1 is 1.24 bits per heavy atom. The highest BCUT2D eigenvalue weighted by molar-refractivity contribution is 8.04. The van der Waals surface area contributed by atoms with E-state index in [0.29, 0.717) is 11.1 Å². The van der Waals surface area contributed by atoms with Crippen LogP contribution in [0, 0.1) is 0 Å². The Bertz CT molecular complexity index is 674. The quantitative estimate of drug-likeness (QED) is 0.246. The number of hydrogen-bond donors (Lipinski definition) is 0. The molecule has 90 valence electrons. The molecule has 0 unspecified atom stereocenters. The molecule has 0 aliphatic heterocycles. The van der Waals surface area contributed by atoms with Crippen molar-refractivity contribution in [1.29, 1.82) is 0 Å². The Morgan fingerprint density at radius 2 is 1.82 bits per heavy atom. The molecule has 1 aromatic carbocycles. The van der Waals surface area contributed by atoms with E-state index in [1.165, 1.54) is 24.3 Å². The lowest BCUT2D eigenvalue weighted by molar-refractivity contribution is 0.00754. The average Bonchev–Trinajstić information content (AvgIpc) is 2.27. The molecule has 0 heterocycles. The lowest BCUT2D eigenvalue weighted by atomic mass is 10.3. The summed E-state index contributed by atoms with van der Waals surface area (Å²) in [6.45, 7) is 0. The van der Waals surface area contributed by atoms with Crippen LogP contribution in [0.25, 0.3) is 5.53 Å². The maximum absolute atomic E-state index is 11.4. The molecule has 0 aliphatic carbocycles. The summed E-state index contributed by atoms with van der Waals surface area (Å²) in [5.74, 6) is 0.161. The van der Waals surface area contributed by atoms with E-state index in [4.69, 9.17) is 5.53 Å². The van der Waals surface area contributed by atoms with Crippen molar-refractivity contribution in [2.24, 2.45) is 0 Å². The Kier molecular flexibility index (Phi) is 4.16. The van der Waals surface area contributed by atoms with Crippen molar-refractivity contribution in [2.45, 2.75) is 4.90 Å². The van der Waals surface area contributed by atoms with Gasteiger partial charge in [0.05, 0.1) is 4.90 Å². The molecule has 0 atom stereocenters. The van der Waals surface area contributed by atoms with Gasteiger partial charge in [0.1, 0.15) is 5.75 Å². The van der Waals surface area contributed by atoms with Crippen molar-refractivity contribution in [3.05, 3.63) is 29.8 Å². The molecule has 1 rings (SSSR count). The zero-order chi connectivity index (χ0) is 12.9. The Hall–Kier alpha value is -1.96. The molecule has 0 bridgehead atoms. The highest BCUT2D eigenvalue weighted by Gasteiger charge is 2.15. The number of sulfone groups is 1. The minimum absolute atomic E-state index is 0.106. The van der Waals surface area contributed by atoms with Crippen molar-refractivity contribution < 1.29 is 26.4 Å². The van der Waals surface area contributed by atoms with E-state index < -0.39 is 20.1 Å². The van der Waals surface area contributed by atoms with Crippen LogP contribution in [0.2, 0.25) is 0 Å². The molecule has 9 heteroatoms. The van der Waals surface area contributed by atoms with Gasteiger partial charge in [-0.15, -0.1) is 0 Å². The van der Waals surface area contributed by atoms with Crippen molar-refractivity contribution in [2.75, 3.05) is 0 Å². The monoisotopic (exact) mass is 274 g/mol. The summed E-state index contributed by atoms with van der Waals surface area (Å²) in [4.78, 5) is 2.33. The van der Waals surface area contributed by atoms with Crippen LogP contribution in [0.15, 0.2) is 29.2 Å². The van der Waals surface area contributed by atoms with Gasteiger partial charge in [-0.25, -0.2) is 8.42 Å². The second-order valence-electron chi connectivity index (χ2n) is 2.71. The number of rotatable bonds is 4. The van der Waals surface area contributed by atoms with E-state index in [1.807, 2.05) is 0 Å². The zero-order valence-electron chi connectivity index (χ0n) is 8.22. The van der Waals surface area contributed by atoms with Gasteiger partial charge in [0.15, 0.2) is 0 Å². The minimum atomic E-state index is -3.79. The van der Waals surface area contributed by atoms with Crippen LogP contribution >= 0.6 is 0 Å². The maximum atomic E-state index is 11.4. The second kappa shape index (κ2) is 5.39. The predicted octanol–water partition coefficient (Wildman–Crippen LogP) is -0.264. The molecule has 0 saturated carbocycles. The Morgan fingerprint density at radius 3 is 2.29 bits per heavy atom. The molecular formula is C8H6N2O5S2. The highest BCUT2D eigenvalue weighted by atomic mass is 32.2. The number of benzene rings is 1.